The van der Waals surface area contributed by atoms with Gasteiger partial charge in [0.25, 0.3) is 5.91 Å². The quantitative estimate of drug-likeness (QED) is 0.357. The maximum absolute atomic E-state index is 12.9. The van der Waals surface area contributed by atoms with Crippen LogP contribution in [0.2, 0.25) is 5.15 Å². The molecule has 0 saturated heterocycles. The lowest BCUT2D eigenvalue weighted by atomic mass is 10.1. The Morgan fingerprint density at radius 2 is 1.63 bits per heavy atom. The van der Waals surface area contributed by atoms with Crippen LogP contribution >= 0.6 is 23.4 Å². The monoisotopic (exact) mass is 398 g/mol. The summed E-state index contributed by atoms with van der Waals surface area (Å²) >= 11 is 7.58. The van der Waals surface area contributed by atoms with Crippen molar-refractivity contribution in [1.29, 1.82) is 0 Å². The van der Waals surface area contributed by atoms with Crippen LogP contribution in [0.25, 0.3) is 0 Å². The topological polar surface area (TPSA) is 66.9 Å². The second kappa shape index (κ2) is 8.88. The Kier molecular flexibility index (Phi) is 6.32. The molecule has 0 spiro atoms. The number of hydrazine groups is 1. The highest BCUT2D eigenvalue weighted by Crippen LogP contribution is 2.35. The van der Waals surface area contributed by atoms with Gasteiger partial charge in [-0.05, 0) is 31.5 Å². The third-order valence-electron chi connectivity index (χ3n) is 3.84. The van der Waals surface area contributed by atoms with Crippen molar-refractivity contribution in [3.8, 4) is 0 Å². The number of aryl methyl sites for hydroxylation is 1. The molecule has 1 heterocycles. The fourth-order valence-corrected chi connectivity index (χ4v) is 3.70. The van der Waals surface area contributed by atoms with E-state index in [1.807, 2.05) is 60.7 Å². The summed E-state index contributed by atoms with van der Waals surface area (Å²) in [7, 11) is 0. The van der Waals surface area contributed by atoms with E-state index in [9.17, 15) is 4.79 Å². The van der Waals surface area contributed by atoms with Crippen molar-refractivity contribution in [2.75, 3.05) is 5.43 Å². The van der Waals surface area contributed by atoms with Crippen molar-refractivity contribution >= 4 is 35.1 Å². The Bertz CT molecular complexity index is 922. The summed E-state index contributed by atoms with van der Waals surface area (Å²) in [5, 5.41) is -0.0580. The van der Waals surface area contributed by atoms with Crippen LogP contribution in [0.3, 0.4) is 0 Å². The summed E-state index contributed by atoms with van der Waals surface area (Å²) in [4.78, 5) is 22.3. The average molecular weight is 399 g/mol. The van der Waals surface area contributed by atoms with Gasteiger partial charge in [-0.15, -0.1) is 11.8 Å². The molecule has 7 heteroatoms. The molecular formula is C20H19ClN4OS. The van der Waals surface area contributed by atoms with Gasteiger partial charge in [0.05, 0.1) is 0 Å². The number of rotatable bonds is 6. The van der Waals surface area contributed by atoms with Crippen molar-refractivity contribution in [2.24, 2.45) is 0 Å². The Hall–Kier alpha value is -2.57. The van der Waals surface area contributed by atoms with E-state index >= 15 is 0 Å². The minimum Gasteiger partial charge on any atom is -0.281 e. The van der Waals surface area contributed by atoms with Gasteiger partial charge in [-0.1, -0.05) is 60.1 Å². The van der Waals surface area contributed by atoms with Gasteiger partial charge in [-0.3, -0.25) is 15.6 Å². The van der Waals surface area contributed by atoms with Gasteiger partial charge in [0.15, 0.2) is 5.82 Å². The van der Waals surface area contributed by atoms with Crippen molar-refractivity contribution < 1.29 is 4.79 Å². The molecule has 5 nitrogen and oxygen atoms in total. The number of amides is 1. The molecule has 138 valence electrons. The van der Waals surface area contributed by atoms with Crippen LogP contribution in [-0.2, 0) is 4.79 Å². The first-order valence-electron chi connectivity index (χ1n) is 8.38. The molecule has 0 saturated carbocycles. The molecule has 2 N–H and O–H groups in total. The Morgan fingerprint density at radius 3 is 2.30 bits per heavy atom. The van der Waals surface area contributed by atoms with Crippen LogP contribution in [0, 0.1) is 13.8 Å². The Morgan fingerprint density at radius 1 is 1.00 bits per heavy atom. The molecule has 27 heavy (non-hydrogen) atoms. The van der Waals surface area contributed by atoms with Gasteiger partial charge >= 0.3 is 0 Å². The van der Waals surface area contributed by atoms with Gasteiger partial charge in [0.1, 0.15) is 16.2 Å². The van der Waals surface area contributed by atoms with Gasteiger partial charge in [0, 0.05) is 10.5 Å². The predicted octanol–water partition coefficient (Wildman–Crippen LogP) is 4.72. The summed E-state index contributed by atoms with van der Waals surface area (Å²) in [6, 6.07) is 19.5. The Balaban J connectivity index is 1.79. The summed E-state index contributed by atoms with van der Waals surface area (Å²) in [5.74, 6) is 0.833. The first-order valence-corrected chi connectivity index (χ1v) is 9.63. The van der Waals surface area contributed by atoms with E-state index in [4.69, 9.17) is 11.6 Å². The lowest BCUT2D eigenvalue weighted by Gasteiger charge is -2.18. The molecule has 0 bridgehead atoms. The lowest BCUT2D eigenvalue weighted by Crippen LogP contribution is -2.33. The molecule has 1 unspecified atom stereocenters. The second-order valence-electron chi connectivity index (χ2n) is 5.87. The molecular weight excluding hydrogens is 380 g/mol. The van der Waals surface area contributed by atoms with E-state index in [0.29, 0.717) is 22.4 Å². The summed E-state index contributed by atoms with van der Waals surface area (Å²) < 4.78 is 0. The molecule has 1 aromatic heterocycles. The normalized spacial score (nSPS) is 11.7. The smallest absolute Gasteiger partial charge is 0.256 e. The maximum Gasteiger partial charge on any atom is 0.256 e. The highest BCUT2D eigenvalue weighted by atomic mass is 35.5. The SMILES string of the molecule is Cc1nc(Cl)c(C)c(NNC(=O)C(Sc2ccccc2)c2ccccc2)n1. The number of carbonyl (C=O) groups excluding carboxylic acids is 1. The number of hydrogen-bond acceptors (Lipinski definition) is 5. The number of carbonyl (C=O) groups is 1. The number of hydrogen-bond donors (Lipinski definition) is 2. The summed E-state index contributed by atoms with van der Waals surface area (Å²) in [5.41, 5.74) is 7.23. The zero-order valence-corrected chi connectivity index (χ0v) is 16.5. The molecule has 0 aliphatic rings. The zero-order chi connectivity index (χ0) is 19.2. The van der Waals surface area contributed by atoms with E-state index in [2.05, 4.69) is 20.8 Å². The van der Waals surface area contributed by atoms with Crippen molar-refractivity contribution in [3.63, 3.8) is 0 Å². The standard InChI is InChI=1S/C20H19ClN4OS/c1-13-18(21)22-14(2)23-19(13)24-25-20(26)17(15-9-5-3-6-10-15)27-16-11-7-4-8-12-16/h3-12,17H,1-2H3,(H,25,26)(H,22,23,24). The van der Waals surface area contributed by atoms with Crippen molar-refractivity contribution in [2.45, 2.75) is 24.0 Å². The third kappa shape index (κ3) is 4.99. The van der Waals surface area contributed by atoms with Crippen LogP contribution in [-0.4, -0.2) is 15.9 Å². The zero-order valence-electron chi connectivity index (χ0n) is 14.9. The fourth-order valence-electron chi connectivity index (χ4n) is 2.44. The molecule has 0 fully saturated rings. The van der Waals surface area contributed by atoms with Gasteiger partial charge in [-0.2, -0.15) is 0 Å². The fraction of sp³-hybridized carbons (Fsp3) is 0.150. The van der Waals surface area contributed by atoms with Crippen LogP contribution in [0.1, 0.15) is 22.2 Å². The molecule has 1 amide bonds. The third-order valence-corrected chi connectivity index (χ3v) is 5.47. The molecule has 0 aliphatic heterocycles. The molecule has 0 radical (unpaired) electrons. The number of nitrogens with one attached hydrogen (secondary N) is 2. The van der Waals surface area contributed by atoms with Crippen LogP contribution in [0.5, 0.6) is 0 Å². The van der Waals surface area contributed by atoms with Crippen LogP contribution in [0.4, 0.5) is 5.82 Å². The van der Waals surface area contributed by atoms with E-state index < -0.39 is 5.25 Å². The summed E-state index contributed by atoms with van der Waals surface area (Å²) in [6.45, 7) is 3.54. The van der Waals surface area contributed by atoms with Crippen LogP contribution < -0.4 is 10.9 Å². The Labute approximate surface area is 167 Å². The highest BCUT2D eigenvalue weighted by molar-refractivity contribution is 8.00. The number of nitrogens with zero attached hydrogens (tertiary/aromatic N) is 2. The molecule has 0 aliphatic carbocycles. The first-order chi connectivity index (χ1) is 13.0. The van der Waals surface area contributed by atoms with E-state index in [-0.39, 0.29) is 5.91 Å². The highest BCUT2D eigenvalue weighted by Gasteiger charge is 2.22. The number of aromatic nitrogens is 2. The van der Waals surface area contributed by atoms with Gasteiger partial charge < -0.3 is 0 Å². The first kappa shape index (κ1) is 19.2. The van der Waals surface area contributed by atoms with Gasteiger partial charge in [0.2, 0.25) is 0 Å². The molecule has 1 atom stereocenters. The minimum atomic E-state index is -0.417. The van der Waals surface area contributed by atoms with E-state index in [0.717, 1.165) is 10.5 Å². The van der Waals surface area contributed by atoms with Crippen molar-refractivity contribution in [3.05, 3.63) is 82.8 Å². The molecule has 2 aromatic carbocycles. The maximum atomic E-state index is 12.9. The summed E-state index contributed by atoms with van der Waals surface area (Å²) in [6.07, 6.45) is 0. The lowest BCUT2D eigenvalue weighted by molar-refractivity contribution is -0.120. The number of anilines is 1. The van der Waals surface area contributed by atoms with E-state index in [1.165, 1.54) is 11.8 Å². The number of thioether (sulfide) groups is 1. The van der Waals surface area contributed by atoms with Gasteiger partial charge in [-0.25, -0.2) is 9.97 Å². The second-order valence-corrected chi connectivity index (χ2v) is 7.41. The van der Waals surface area contributed by atoms with Crippen molar-refractivity contribution in [1.82, 2.24) is 15.4 Å². The largest absolute Gasteiger partial charge is 0.281 e. The van der Waals surface area contributed by atoms with E-state index in [1.54, 1.807) is 13.8 Å². The molecule has 3 rings (SSSR count). The molecule has 3 aromatic rings. The average Bonchev–Trinajstić information content (AvgIpc) is 2.69. The number of halogens is 1. The van der Waals surface area contributed by atoms with Crippen LogP contribution in [0.15, 0.2) is 65.6 Å². The minimum absolute atomic E-state index is 0.179. The predicted molar refractivity (Wildman–Crippen MR) is 110 cm³/mol. The number of benzene rings is 2.